The van der Waals surface area contributed by atoms with E-state index in [1.807, 2.05) is 42.5 Å². The monoisotopic (exact) mass is 450 g/mol. The predicted octanol–water partition coefficient (Wildman–Crippen LogP) is 2.42. The summed E-state index contributed by atoms with van der Waals surface area (Å²) in [5, 5.41) is 14.4. The Balaban J connectivity index is 1.69. The maximum atomic E-state index is 13.2. The van der Waals surface area contributed by atoms with Crippen LogP contribution >= 0.6 is 11.8 Å². The number of imide groups is 1. The van der Waals surface area contributed by atoms with E-state index in [0.29, 0.717) is 28.4 Å². The summed E-state index contributed by atoms with van der Waals surface area (Å²) in [6, 6.07) is 16.2. The standard InChI is InChI=1S/C22H22N6O3S/c1-14(2)23-20(31)24-18(29)13-32-22-26-25-21-27(12-15-8-4-3-5-9-15)19(30)16-10-6-7-11-17(16)28(21)22/h3-11,14H,12-13H2,1-2H3,(H2,23,24,29,31). The number of benzene rings is 2. The van der Waals surface area contributed by atoms with Gasteiger partial charge in [0.05, 0.1) is 23.2 Å². The zero-order chi connectivity index (χ0) is 22.7. The molecule has 0 aliphatic rings. The van der Waals surface area contributed by atoms with Crippen LogP contribution in [-0.2, 0) is 11.3 Å². The van der Waals surface area contributed by atoms with Crippen molar-refractivity contribution in [3.05, 3.63) is 70.5 Å². The van der Waals surface area contributed by atoms with E-state index in [-0.39, 0.29) is 17.4 Å². The third-order valence-corrected chi connectivity index (χ3v) is 5.60. The summed E-state index contributed by atoms with van der Waals surface area (Å²) in [4.78, 5) is 37.1. The Morgan fingerprint density at radius 1 is 1.03 bits per heavy atom. The number of carbonyl (C=O) groups excluding carboxylic acids is 2. The van der Waals surface area contributed by atoms with Gasteiger partial charge >= 0.3 is 6.03 Å². The molecular weight excluding hydrogens is 428 g/mol. The van der Waals surface area contributed by atoms with Crippen molar-refractivity contribution < 1.29 is 9.59 Å². The topological polar surface area (TPSA) is 110 Å². The average Bonchev–Trinajstić information content (AvgIpc) is 3.19. The number of nitrogens with one attached hydrogen (secondary N) is 2. The number of para-hydroxylation sites is 1. The SMILES string of the molecule is CC(C)NC(=O)NC(=O)CSc1nnc2n(Cc3ccccc3)c(=O)c3ccccc3n12. The molecule has 10 heteroatoms. The summed E-state index contributed by atoms with van der Waals surface area (Å²) in [6.45, 7) is 3.95. The van der Waals surface area contributed by atoms with Gasteiger partial charge in [-0.15, -0.1) is 10.2 Å². The molecule has 0 spiro atoms. The molecule has 4 aromatic rings. The molecule has 2 aromatic heterocycles. The minimum absolute atomic E-state index is 0.0293. The van der Waals surface area contributed by atoms with Gasteiger partial charge in [-0.1, -0.05) is 54.2 Å². The van der Waals surface area contributed by atoms with Crippen LogP contribution in [0.4, 0.5) is 4.79 Å². The van der Waals surface area contributed by atoms with Crippen molar-refractivity contribution >= 4 is 40.4 Å². The van der Waals surface area contributed by atoms with Gasteiger partial charge in [0, 0.05) is 6.04 Å². The van der Waals surface area contributed by atoms with Crippen molar-refractivity contribution in [3.8, 4) is 0 Å². The lowest BCUT2D eigenvalue weighted by atomic mass is 10.2. The third-order valence-electron chi connectivity index (χ3n) is 4.67. The van der Waals surface area contributed by atoms with Crippen LogP contribution in [0.2, 0.25) is 0 Å². The average molecular weight is 451 g/mol. The van der Waals surface area contributed by atoms with Crippen LogP contribution in [0.15, 0.2) is 64.5 Å². The van der Waals surface area contributed by atoms with E-state index in [9.17, 15) is 14.4 Å². The van der Waals surface area contributed by atoms with Crippen LogP contribution in [0.25, 0.3) is 16.7 Å². The van der Waals surface area contributed by atoms with E-state index in [4.69, 9.17) is 0 Å². The lowest BCUT2D eigenvalue weighted by Crippen LogP contribution is -2.43. The number of fused-ring (bicyclic) bond motifs is 3. The lowest BCUT2D eigenvalue weighted by molar-refractivity contribution is -0.117. The molecule has 0 bridgehead atoms. The van der Waals surface area contributed by atoms with Crippen LogP contribution in [0.3, 0.4) is 0 Å². The summed E-state index contributed by atoms with van der Waals surface area (Å²) in [6.07, 6.45) is 0. The Bertz CT molecular complexity index is 1350. The normalized spacial score (nSPS) is 11.2. The molecule has 0 saturated carbocycles. The van der Waals surface area contributed by atoms with E-state index in [0.717, 1.165) is 17.3 Å². The fourth-order valence-electron chi connectivity index (χ4n) is 3.33. The first kappa shape index (κ1) is 21.6. The molecule has 0 fully saturated rings. The number of amides is 3. The second-order valence-corrected chi connectivity index (χ2v) is 8.42. The Morgan fingerprint density at radius 2 is 1.75 bits per heavy atom. The van der Waals surface area contributed by atoms with Gasteiger partial charge in [0.1, 0.15) is 0 Å². The van der Waals surface area contributed by atoms with E-state index in [2.05, 4.69) is 20.8 Å². The predicted molar refractivity (Wildman–Crippen MR) is 123 cm³/mol. The first-order valence-corrected chi connectivity index (χ1v) is 11.1. The summed E-state index contributed by atoms with van der Waals surface area (Å²) >= 11 is 1.14. The number of carbonyl (C=O) groups is 2. The van der Waals surface area contributed by atoms with Gasteiger partial charge in [-0.25, -0.2) is 4.79 Å². The van der Waals surface area contributed by atoms with Gasteiger partial charge in [0.2, 0.25) is 11.7 Å². The zero-order valence-corrected chi connectivity index (χ0v) is 18.4. The molecular formula is C22H22N6O3S. The minimum Gasteiger partial charge on any atom is -0.336 e. The van der Waals surface area contributed by atoms with Gasteiger partial charge < -0.3 is 5.32 Å². The Morgan fingerprint density at radius 3 is 2.50 bits per heavy atom. The molecule has 0 aliphatic carbocycles. The summed E-state index contributed by atoms with van der Waals surface area (Å²) < 4.78 is 3.34. The van der Waals surface area contributed by atoms with Crippen molar-refractivity contribution in [2.75, 3.05) is 5.75 Å². The summed E-state index contributed by atoms with van der Waals surface area (Å²) in [5.41, 5.74) is 1.45. The van der Waals surface area contributed by atoms with Crippen LogP contribution in [-0.4, -0.2) is 42.9 Å². The zero-order valence-electron chi connectivity index (χ0n) is 17.6. The van der Waals surface area contributed by atoms with E-state index < -0.39 is 11.9 Å². The molecule has 32 heavy (non-hydrogen) atoms. The highest BCUT2D eigenvalue weighted by molar-refractivity contribution is 7.99. The first-order valence-electron chi connectivity index (χ1n) is 10.1. The number of hydrogen-bond donors (Lipinski definition) is 2. The molecule has 2 N–H and O–H groups in total. The van der Waals surface area contributed by atoms with Crippen LogP contribution < -0.4 is 16.2 Å². The Labute approximate surface area is 187 Å². The van der Waals surface area contributed by atoms with E-state index in [1.165, 1.54) is 0 Å². The Hall–Kier alpha value is -3.66. The smallest absolute Gasteiger partial charge is 0.321 e. The van der Waals surface area contributed by atoms with Crippen LogP contribution in [0.5, 0.6) is 0 Å². The number of rotatable bonds is 6. The van der Waals surface area contributed by atoms with Gasteiger partial charge in [-0.05, 0) is 31.5 Å². The van der Waals surface area contributed by atoms with Crippen molar-refractivity contribution in [3.63, 3.8) is 0 Å². The van der Waals surface area contributed by atoms with Gasteiger partial charge in [0.25, 0.3) is 5.56 Å². The number of hydrogen-bond acceptors (Lipinski definition) is 6. The molecule has 3 amide bonds. The van der Waals surface area contributed by atoms with E-state index in [1.54, 1.807) is 34.9 Å². The first-order chi connectivity index (χ1) is 15.4. The molecule has 0 unspecified atom stereocenters. The molecule has 164 valence electrons. The van der Waals surface area contributed by atoms with Gasteiger partial charge in [0.15, 0.2) is 5.16 Å². The largest absolute Gasteiger partial charge is 0.336 e. The summed E-state index contributed by atoms with van der Waals surface area (Å²) in [7, 11) is 0. The molecule has 0 saturated heterocycles. The highest BCUT2D eigenvalue weighted by atomic mass is 32.2. The highest BCUT2D eigenvalue weighted by Crippen LogP contribution is 2.22. The molecule has 2 heterocycles. The maximum Gasteiger partial charge on any atom is 0.321 e. The van der Waals surface area contributed by atoms with Crippen LogP contribution in [0, 0.1) is 0 Å². The summed E-state index contributed by atoms with van der Waals surface area (Å²) in [5.74, 6) is -0.0943. The van der Waals surface area contributed by atoms with Crippen molar-refractivity contribution in [1.82, 2.24) is 29.8 Å². The fraction of sp³-hybridized carbons (Fsp3) is 0.227. The second kappa shape index (κ2) is 9.23. The number of aromatic nitrogens is 4. The third kappa shape index (κ3) is 4.50. The van der Waals surface area contributed by atoms with E-state index >= 15 is 0 Å². The molecule has 0 radical (unpaired) electrons. The Kier molecular flexibility index (Phi) is 6.22. The number of nitrogens with zero attached hydrogens (tertiary/aromatic N) is 4. The number of thioether (sulfide) groups is 1. The fourth-order valence-corrected chi connectivity index (χ4v) is 4.07. The van der Waals surface area contributed by atoms with Gasteiger partial charge in [-0.3, -0.25) is 23.9 Å². The molecule has 2 aromatic carbocycles. The highest BCUT2D eigenvalue weighted by Gasteiger charge is 2.18. The lowest BCUT2D eigenvalue weighted by Gasteiger charge is -2.11. The molecule has 0 aliphatic heterocycles. The second-order valence-electron chi connectivity index (χ2n) is 7.48. The van der Waals surface area contributed by atoms with Crippen molar-refractivity contribution in [2.45, 2.75) is 31.6 Å². The molecule has 0 atom stereocenters. The molecule has 9 nitrogen and oxygen atoms in total. The molecule has 4 rings (SSSR count). The number of urea groups is 1. The minimum atomic E-state index is -0.543. The van der Waals surface area contributed by atoms with Crippen molar-refractivity contribution in [2.24, 2.45) is 0 Å². The maximum absolute atomic E-state index is 13.2. The van der Waals surface area contributed by atoms with Gasteiger partial charge in [-0.2, -0.15) is 0 Å². The quantitative estimate of drug-likeness (QED) is 0.437. The van der Waals surface area contributed by atoms with Crippen molar-refractivity contribution in [1.29, 1.82) is 0 Å². The van der Waals surface area contributed by atoms with Crippen LogP contribution in [0.1, 0.15) is 19.4 Å².